The zero-order valence-corrected chi connectivity index (χ0v) is 11.8. The number of rotatable bonds is 6. The van der Waals surface area contributed by atoms with Gasteiger partial charge in [0.05, 0.1) is 0 Å². The van der Waals surface area contributed by atoms with Crippen molar-refractivity contribution in [3.8, 4) is 0 Å². The summed E-state index contributed by atoms with van der Waals surface area (Å²) in [6, 6.07) is 7.02. The third kappa shape index (κ3) is 2.81. The molecule has 0 atom stereocenters. The molecule has 0 bridgehead atoms. The van der Waals surface area contributed by atoms with Crippen molar-refractivity contribution in [3.63, 3.8) is 0 Å². The Balaban J connectivity index is 2.18. The molecule has 1 aliphatic rings. The van der Waals surface area contributed by atoms with Crippen molar-refractivity contribution in [2.24, 2.45) is 0 Å². The molecule has 0 heterocycles. The van der Waals surface area contributed by atoms with Crippen LogP contribution in [0.3, 0.4) is 0 Å². The second-order valence-electron chi connectivity index (χ2n) is 5.70. The summed E-state index contributed by atoms with van der Waals surface area (Å²) in [5, 5.41) is 3.23. The van der Waals surface area contributed by atoms with E-state index in [-0.39, 0.29) is 17.4 Å². The van der Waals surface area contributed by atoms with Crippen LogP contribution in [-0.2, 0) is 11.3 Å². The Labute approximate surface area is 114 Å². The molecule has 0 aromatic heterocycles. The van der Waals surface area contributed by atoms with Crippen LogP contribution in [0.15, 0.2) is 24.3 Å². The van der Waals surface area contributed by atoms with Crippen LogP contribution in [0.25, 0.3) is 0 Å². The van der Waals surface area contributed by atoms with Crippen LogP contribution < -0.4 is 5.32 Å². The minimum Gasteiger partial charge on any atom is -0.319 e. The maximum absolute atomic E-state index is 13.8. The van der Waals surface area contributed by atoms with Crippen LogP contribution in [0.1, 0.15) is 50.2 Å². The third-order valence-corrected chi connectivity index (χ3v) is 4.31. The molecule has 0 radical (unpaired) electrons. The molecule has 0 aliphatic heterocycles. The molecule has 1 aromatic carbocycles. The fourth-order valence-corrected chi connectivity index (χ4v) is 3.04. The van der Waals surface area contributed by atoms with Crippen molar-refractivity contribution in [1.29, 1.82) is 0 Å². The summed E-state index contributed by atoms with van der Waals surface area (Å²) in [6.07, 6.45) is 3.96. The molecular formula is C16H23F2N. The summed E-state index contributed by atoms with van der Waals surface area (Å²) in [5.74, 6) is -2.69. The minimum absolute atomic E-state index is 0.0754. The smallest absolute Gasteiger partial charge is 0.273 e. The van der Waals surface area contributed by atoms with Gasteiger partial charge in [0.25, 0.3) is 5.92 Å². The lowest BCUT2D eigenvalue weighted by Crippen LogP contribution is -2.42. The molecule has 1 aromatic rings. The predicted molar refractivity (Wildman–Crippen MR) is 74.7 cm³/mol. The quantitative estimate of drug-likeness (QED) is 0.813. The van der Waals surface area contributed by atoms with Crippen molar-refractivity contribution in [2.75, 3.05) is 13.6 Å². The lowest BCUT2D eigenvalue weighted by Gasteiger charge is -2.42. The SMILES string of the molecule is CCCC(F)(F)c1ccc(C2(CNC)CCC2)cc1. The summed E-state index contributed by atoms with van der Waals surface area (Å²) >= 11 is 0. The first-order chi connectivity index (χ1) is 9.04. The highest BCUT2D eigenvalue weighted by Crippen LogP contribution is 2.44. The zero-order valence-electron chi connectivity index (χ0n) is 11.8. The van der Waals surface area contributed by atoms with E-state index in [2.05, 4.69) is 5.32 Å². The maximum Gasteiger partial charge on any atom is 0.273 e. The summed E-state index contributed by atoms with van der Waals surface area (Å²) in [4.78, 5) is 0. The Kier molecular flexibility index (Phi) is 4.24. The lowest BCUT2D eigenvalue weighted by molar-refractivity contribution is -0.0140. The van der Waals surface area contributed by atoms with Gasteiger partial charge in [-0.3, -0.25) is 0 Å². The van der Waals surface area contributed by atoms with E-state index < -0.39 is 5.92 Å². The topological polar surface area (TPSA) is 12.0 Å². The number of likely N-dealkylation sites (N-methyl/N-ethyl adjacent to an activating group) is 1. The van der Waals surface area contributed by atoms with Gasteiger partial charge in [-0.05, 0) is 25.5 Å². The van der Waals surface area contributed by atoms with Crippen molar-refractivity contribution in [3.05, 3.63) is 35.4 Å². The van der Waals surface area contributed by atoms with Gasteiger partial charge in [-0.1, -0.05) is 44.0 Å². The Morgan fingerprint density at radius 1 is 1.21 bits per heavy atom. The predicted octanol–water partition coefficient (Wildman–Crippen LogP) is 4.22. The van der Waals surface area contributed by atoms with Crippen LogP contribution in [-0.4, -0.2) is 13.6 Å². The molecule has 0 spiro atoms. The van der Waals surface area contributed by atoms with E-state index in [0.29, 0.717) is 6.42 Å². The van der Waals surface area contributed by atoms with E-state index in [1.54, 1.807) is 19.1 Å². The number of alkyl halides is 2. The molecule has 1 aliphatic carbocycles. The Bertz CT molecular complexity index is 407. The number of halogens is 2. The van der Waals surface area contributed by atoms with Crippen molar-refractivity contribution in [1.82, 2.24) is 5.32 Å². The molecule has 1 saturated carbocycles. The van der Waals surface area contributed by atoms with Gasteiger partial charge in [0, 0.05) is 23.9 Å². The fourth-order valence-electron chi connectivity index (χ4n) is 3.04. The van der Waals surface area contributed by atoms with Gasteiger partial charge in [-0.25, -0.2) is 8.78 Å². The first-order valence-corrected chi connectivity index (χ1v) is 7.17. The molecule has 0 unspecified atom stereocenters. The first kappa shape index (κ1) is 14.4. The summed E-state index contributed by atoms with van der Waals surface area (Å²) in [6.45, 7) is 2.72. The van der Waals surface area contributed by atoms with Gasteiger partial charge < -0.3 is 5.32 Å². The molecule has 2 rings (SSSR count). The molecule has 0 saturated heterocycles. The number of benzene rings is 1. The lowest BCUT2D eigenvalue weighted by atomic mass is 9.64. The highest BCUT2D eigenvalue weighted by atomic mass is 19.3. The summed E-state index contributed by atoms with van der Waals surface area (Å²) in [5.41, 5.74) is 1.52. The van der Waals surface area contributed by atoms with Gasteiger partial charge in [0.1, 0.15) is 0 Å². The zero-order chi connectivity index (χ0) is 13.9. The highest BCUT2D eigenvalue weighted by molar-refractivity contribution is 5.33. The summed E-state index contributed by atoms with van der Waals surface area (Å²) < 4.78 is 27.6. The van der Waals surface area contributed by atoms with E-state index in [0.717, 1.165) is 19.4 Å². The van der Waals surface area contributed by atoms with Crippen LogP contribution in [0.2, 0.25) is 0 Å². The molecule has 1 N–H and O–H groups in total. The standard InChI is InChI=1S/C16H23F2N/c1-3-9-16(17,18)14-7-5-13(6-8-14)15(12-19-2)10-4-11-15/h5-8,19H,3-4,9-12H2,1-2H3. The van der Waals surface area contributed by atoms with Crippen LogP contribution >= 0.6 is 0 Å². The second kappa shape index (κ2) is 5.58. The highest BCUT2D eigenvalue weighted by Gasteiger charge is 2.38. The second-order valence-corrected chi connectivity index (χ2v) is 5.70. The largest absolute Gasteiger partial charge is 0.319 e. The monoisotopic (exact) mass is 267 g/mol. The Morgan fingerprint density at radius 3 is 2.26 bits per heavy atom. The van der Waals surface area contributed by atoms with E-state index in [9.17, 15) is 8.78 Å². The molecule has 0 amide bonds. The average Bonchev–Trinajstić information content (AvgIpc) is 2.34. The van der Waals surface area contributed by atoms with Gasteiger partial charge in [-0.15, -0.1) is 0 Å². The van der Waals surface area contributed by atoms with E-state index in [1.165, 1.54) is 12.0 Å². The van der Waals surface area contributed by atoms with Crippen LogP contribution in [0.4, 0.5) is 8.78 Å². The van der Waals surface area contributed by atoms with Crippen molar-refractivity contribution in [2.45, 2.75) is 50.4 Å². The number of hydrogen-bond donors (Lipinski definition) is 1. The van der Waals surface area contributed by atoms with Gasteiger partial charge >= 0.3 is 0 Å². The Hall–Kier alpha value is -0.960. The molecule has 1 fully saturated rings. The van der Waals surface area contributed by atoms with Gasteiger partial charge in [0.2, 0.25) is 0 Å². The molecular weight excluding hydrogens is 244 g/mol. The molecule has 1 nitrogen and oxygen atoms in total. The van der Waals surface area contributed by atoms with E-state index >= 15 is 0 Å². The van der Waals surface area contributed by atoms with Gasteiger partial charge in [0.15, 0.2) is 0 Å². The van der Waals surface area contributed by atoms with Crippen LogP contribution in [0, 0.1) is 0 Å². The molecule has 3 heteroatoms. The number of nitrogens with one attached hydrogen (secondary N) is 1. The normalized spacial score (nSPS) is 18.1. The maximum atomic E-state index is 13.8. The summed E-state index contributed by atoms with van der Waals surface area (Å²) in [7, 11) is 1.95. The molecule has 106 valence electrons. The minimum atomic E-state index is -2.69. The molecule has 19 heavy (non-hydrogen) atoms. The van der Waals surface area contributed by atoms with E-state index in [4.69, 9.17) is 0 Å². The van der Waals surface area contributed by atoms with Gasteiger partial charge in [-0.2, -0.15) is 0 Å². The first-order valence-electron chi connectivity index (χ1n) is 7.17. The van der Waals surface area contributed by atoms with Crippen molar-refractivity contribution < 1.29 is 8.78 Å². The Morgan fingerprint density at radius 2 is 1.84 bits per heavy atom. The van der Waals surface area contributed by atoms with E-state index in [1.807, 2.05) is 19.2 Å². The van der Waals surface area contributed by atoms with Crippen molar-refractivity contribution >= 4 is 0 Å². The third-order valence-electron chi connectivity index (χ3n) is 4.31. The van der Waals surface area contributed by atoms with Crippen LogP contribution in [0.5, 0.6) is 0 Å². The fraction of sp³-hybridized carbons (Fsp3) is 0.625. The number of hydrogen-bond acceptors (Lipinski definition) is 1. The average molecular weight is 267 g/mol.